The maximum Gasteiger partial charge on any atom is 0.138 e. The molecule has 0 aromatic rings. The van der Waals surface area contributed by atoms with E-state index in [1.165, 1.54) is 0 Å². The number of alkyl halides is 1. The molecule has 2 heteroatoms. The minimum atomic E-state index is -1.07. The highest BCUT2D eigenvalue weighted by Gasteiger charge is 2.20. The van der Waals surface area contributed by atoms with E-state index in [1.807, 2.05) is 6.92 Å². The van der Waals surface area contributed by atoms with E-state index < -0.39 is 5.60 Å². The van der Waals surface area contributed by atoms with Gasteiger partial charge in [0.2, 0.25) is 0 Å². The van der Waals surface area contributed by atoms with Crippen LogP contribution in [0, 0.1) is 12.3 Å². The van der Waals surface area contributed by atoms with Gasteiger partial charge >= 0.3 is 0 Å². The first-order valence-corrected chi connectivity index (χ1v) is 3.98. The maximum absolute atomic E-state index is 9.39. The van der Waals surface area contributed by atoms with Crippen LogP contribution in [0.25, 0.3) is 0 Å². The van der Waals surface area contributed by atoms with Crippen LogP contribution < -0.4 is 0 Å². The monoisotopic (exact) mass is 160 g/mol. The van der Waals surface area contributed by atoms with E-state index in [1.54, 1.807) is 0 Å². The van der Waals surface area contributed by atoms with Crippen LogP contribution in [-0.2, 0) is 0 Å². The molecule has 0 bridgehead atoms. The normalized spacial score (nSPS) is 15.8. The summed E-state index contributed by atoms with van der Waals surface area (Å²) in [5, 5.41) is 9.39. The summed E-state index contributed by atoms with van der Waals surface area (Å²) >= 11 is 5.45. The first-order chi connectivity index (χ1) is 4.68. The Hall–Kier alpha value is -0.190. The molecule has 0 radical (unpaired) electrons. The molecule has 0 aromatic heterocycles. The molecule has 0 heterocycles. The van der Waals surface area contributed by atoms with Crippen molar-refractivity contribution in [3.63, 3.8) is 0 Å². The first-order valence-electron chi connectivity index (χ1n) is 3.44. The lowest BCUT2D eigenvalue weighted by Gasteiger charge is -2.17. The number of unbranched alkanes of at least 4 members (excludes halogenated alkanes) is 1. The third-order valence-electron chi connectivity index (χ3n) is 1.43. The van der Waals surface area contributed by atoms with Gasteiger partial charge in [-0.1, -0.05) is 19.3 Å². The van der Waals surface area contributed by atoms with Gasteiger partial charge < -0.3 is 5.11 Å². The van der Waals surface area contributed by atoms with E-state index in [0.717, 1.165) is 12.8 Å². The standard InChI is InChI=1S/C8H13ClO/c1-3-5-6-8(10,4-2)7-9/h2,10H,3,5-7H2,1H3. The van der Waals surface area contributed by atoms with Gasteiger partial charge in [-0.2, -0.15) is 0 Å². The zero-order valence-electron chi connectivity index (χ0n) is 6.23. The fourth-order valence-electron chi connectivity index (χ4n) is 0.647. The predicted molar refractivity (Wildman–Crippen MR) is 44.0 cm³/mol. The van der Waals surface area contributed by atoms with Crippen LogP contribution in [0.1, 0.15) is 26.2 Å². The van der Waals surface area contributed by atoms with Crippen molar-refractivity contribution in [2.45, 2.75) is 31.8 Å². The molecule has 0 fully saturated rings. The summed E-state index contributed by atoms with van der Waals surface area (Å²) in [6.07, 6.45) is 7.63. The summed E-state index contributed by atoms with van der Waals surface area (Å²) in [6, 6.07) is 0. The molecule has 0 aromatic carbocycles. The van der Waals surface area contributed by atoms with Gasteiger partial charge in [0.1, 0.15) is 5.60 Å². The Morgan fingerprint density at radius 3 is 2.60 bits per heavy atom. The number of terminal acetylenes is 1. The summed E-state index contributed by atoms with van der Waals surface area (Å²) < 4.78 is 0. The second kappa shape index (κ2) is 4.60. The molecule has 0 aliphatic rings. The Balaban J connectivity index is 3.72. The van der Waals surface area contributed by atoms with Gasteiger partial charge in [-0.25, -0.2) is 0 Å². The van der Waals surface area contributed by atoms with Crippen molar-refractivity contribution in [1.29, 1.82) is 0 Å². The average Bonchev–Trinajstić information content (AvgIpc) is 2.00. The van der Waals surface area contributed by atoms with Crippen molar-refractivity contribution < 1.29 is 5.11 Å². The molecule has 1 N–H and O–H groups in total. The maximum atomic E-state index is 9.39. The molecule has 0 saturated heterocycles. The van der Waals surface area contributed by atoms with Crippen LogP contribution in [0.15, 0.2) is 0 Å². The second-order valence-electron chi connectivity index (χ2n) is 2.41. The van der Waals surface area contributed by atoms with E-state index in [0.29, 0.717) is 6.42 Å². The molecule has 0 saturated carbocycles. The van der Waals surface area contributed by atoms with Crippen molar-refractivity contribution in [2.24, 2.45) is 0 Å². The Labute approximate surface area is 67.4 Å². The Bertz CT molecular complexity index is 128. The van der Waals surface area contributed by atoms with E-state index in [2.05, 4.69) is 5.92 Å². The van der Waals surface area contributed by atoms with Crippen LogP contribution >= 0.6 is 11.6 Å². The smallest absolute Gasteiger partial charge is 0.138 e. The van der Waals surface area contributed by atoms with Crippen molar-refractivity contribution in [3.05, 3.63) is 0 Å². The van der Waals surface area contributed by atoms with E-state index in [-0.39, 0.29) is 5.88 Å². The van der Waals surface area contributed by atoms with Crippen molar-refractivity contribution in [1.82, 2.24) is 0 Å². The number of hydrogen-bond donors (Lipinski definition) is 1. The number of aliphatic hydroxyl groups is 1. The highest BCUT2D eigenvalue weighted by Crippen LogP contribution is 2.14. The van der Waals surface area contributed by atoms with E-state index >= 15 is 0 Å². The van der Waals surface area contributed by atoms with Gasteiger partial charge in [0.05, 0.1) is 5.88 Å². The number of rotatable bonds is 4. The molecule has 1 atom stereocenters. The Kier molecular flexibility index (Phi) is 4.51. The summed E-state index contributed by atoms with van der Waals surface area (Å²) in [5.41, 5.74) is -1.07. The third-order valence-corrected chi connectivity index (χ3v) is 1.88. The molecule has 1 nitrogen and oxygen atoms in total. The molecular weight excluding hydrogens is 148 g/mol. The summed E-state index contributed by atoms with van der Waals surface area (Å²) in [5.74, 6) is 2.42. The van der Waals surface area contributed by atoms with Crippen LogP contribution in [-0.4, -0.2) is 16.6 Å². The first kappa shape index (κ1) is 9.81. The van der Waals surface area contributed by atoms with Gasteiger partial charge in [0.15, 0.2) is 0 Å². The second-order valence-corrected chi connectivity index (χ2v) is 2.68. The number of halogens is 1. The summed E-state index contributed by atoms with van der Waals surface area (Å²) in [6.45, 7) is 2.05. The van der Waals surface area contributed by atoms with Crippen molar-refractivity contribution in [3.8, 4) is 12.3 Å². The Morgan fingerprint density at radius 1 is 1.70 bits per heavy atom. The molecule has 10 heavy (non-hydrogen) atoms. The van der Waals surface area contributed by atoms with Crippen LogP contribution in [0.5, 0.6) is 0 Å². The predicted octanol–water partition coefficient (Wildman–Crippen LogP) is 1.78. The topological polar surface area (TPSA) is 20.2 Å². The minimum absolute atomic E-state index is 0.128. The molecule has 0 aliphatic carbocycles. The van der Waals surface area contributed by atoms with Gasteiger partial charge in [0.25, 0.3) is 0 Å². The zero-order valence-corrected chi connectivity index (χ0v) is 6.99. The van der Waals surface area contributed by atoms with E-state index in [4.69, 9.17) is 18.0 Å². The molecule has 0 spiro atoms. The van der Waals surface area contributed by atoms with Gasteiger partial charge in [-0.15, -0.1) is 18.0 Å². The molecule has 58 valence electrons. The Morgan fingerprint density at radius 2 is 2.30 bits per heavy atom. The highest BCUT2D eigenvalue weighted by atomic mass is 35.5. The lowest BCUT2D eigenvalue weighted by Crippen LogP contribution is -2.28. The molecule has 0 rings (SSSR count). The largest absolute Gasteiger partial charge is 0.376 e. The fraction of sp³-hybridized carbons (Fsp3) is 0.750. The average molecular weight is 161 g/mol. The summed E-state index contributed by atoms with van der Waals surface area (Å²) in [7, 11) is 0. The lowest BCUT2D eigenvalue weighted by atomic mass is 10.0. The number of hydrogen-bond acceptors (Lipinski definition) is 1. The van der Waals surface area contributed by atoms with Crippen molar-refractivity contribution >= 4 is 11.6 Å². The third kappa shape index (κ3) is 3.10. The molecule has 0 aliphatic heterocycles. The van der Waals surface area contributed by atoms with Gasteiger partial charge in [-0.3, -0.25) is 0 Å². The lowest BCUT2D eigenvalue weighted by molar-refractivity contribution is 0.113. The van der Waals surface area contributed by atoms with E-state index in [9.17, 15) is 5.11 Å². The zero-order chi connectivity index (χ0) is 8.04. The van der Waals surface area contributed by atoms with Crippen LogP contribution in [0.3, 0.4) is 0 Å². The molecular formula is C8H13ClO. The minimum Gasteiger partial charge on any atom is -0.376 e. The van der Waals surface area contributed by atoms with Crippen molar-refractivity contribution in [2.75, 3.05) is 5.88 Å². The van der Waals surface area contributed by atoms with Crippen LogP contribution in [0.2, 0.25) is 0 Å². The highest BCUT2D eigenvalue weighted by molar-refractivity contribution is 6.18. The quantitative estimate of drug-likeness (QED) is 0.491. The van der Waals surface area contributed by atoms with Gasteiger partial charge in [0, 0.05) is 0 Å². The molecule has 1 unspecified atom stereocenters. The summed E-state index contributed by atoms with van der Waals surface area (Å²) in [4.78, 5) is 0. The van der Waals surface area contributed by atoms with Crippen LogP contribution in [0.4, 0.5) is 0 Å². The fourth-order valence-corrected chi connectivity index (χ4v) is 0.858. The SMILES string of the molecule is C#CC(O)(CCl)CCCC. The van der Waals surface area contributed by atoms with Gasteiger partial charge in [-0.05, 0) is 12.8 Å². The molecule has 0 amide bonds.